The summed E-state index contributed by atoms with van der Waals surface area (Å²) < 4.78 is 29.0. The Morgan fingerprint density at radius 3 is 1.30 bits per heavy atom. The van der Waals surface area contributed by atoms with Crippen LogP contribution < -0.4 is 47.2 Å². The molecule has 0 unspecified atom stereocenters. The van der Waals surface area contributed by atoms with E-state index in [1.54, 1.807) is 0 Å². The minimum Gasteiger partial charge on any atom is -0.457 e. The molecule has 70 heavy (non-hydrogen) atoms. The van der Waals surface area contributed by atoms with Gasteiger partial charge in [-0.05, 0) is 90.1 Å². The molecule has 5 aliphatic rings. The van der Waals surface area contributed by atoms with Crippen LogP contribution in [0.4, 0.5) is 17.1 Å². The van der Waals surface area contributed by atoms with E-state index in [1.165, 1.54) is 59.8 Å². The van der Waals surface area contributed by atoms with Crippen molar-refractivity contribution in [1.29, 1.82) is 0 Å². The first-order chi connectivity index (χ1) is 34.0. The molecule has 2 aromatic heterocycles. The van der Waals surface area contributed by atoms with Crippen molar-refractivity contribution in [2.24, 2.45) is 0 Å². The Labute approximate surface area is 410 Å². The van der Waals surface area contributed by atoms with Crippen molar-refractivity contribution in [2.75, 3.05) is 4.90 Å². The topological polar surface area (TPSA) is 48.0 Å². The highest BCUT2D eigenvalue weighted by atomic mass is 32.2. The van der Waals surface area contributed by atoms with Gasteiger partial charge in [-0.15, -0.1) is 0 Å². The second kappa shape index (κ2) is 13.2. The van der Waals surface area contributed by atoms with Crippen LogP contribution in [-0.2, 0) is 10.8 Å². The van der Waals surface area contributed by atoms with Crippen LogP contribution in [0.15, 0.2) is 170 Å². The highest BCUT2D eigenvalue weighted by molar-refractivity contribution is 7.99. The lowest BCUT2D eigenvalue weighted by molar-refractivity contribution is 0.467. The number of benzene rings is 9. The smallest absolute Gasteiger partial charge is 0.256 e. The number of rotatable bonds is 2. The van der Waals surface area contributed by atoms with Crippen molar-refractivity contribution in [3.63, 3.8) is 0 Å². The SMILES string of the molecule is CC(C)(C)c1cc2c3c(c1)B1c4cc5c(oc6ccccc65)c(-c5ccccc5)c4Oc4cc5c6c(c41)N3c1c(cc(C(C)(C)C)cc1B6c1cc3c(oc4ccccc43)c(-c3ccccc3)c1O5)S2. The van der Waals surface area contributed by atoms with Crippen LogP contribution in [0.3, 0.4) is 0 Å². The van der Waals surface area contributed by atoms with Crippen LogP contribution in [-0.4, -0.2) is 13.4 Å². The van der Waals surface area contributed by atoms with E-state index >= 15 is 0 Å². The van der Waals surface area contributed by atoms with Crippen LogP contribution in [0.1, 0.15) is 52.7 Å². The van der Waals surface area contributed by atoms with Crippen LogP contribution in [0.5, 0.6) is 23.0 Å². The van der Waals surface area contributed by atoms with Crippen molar-refractivity contribution < 1.29 is 18.3 Å². The largest absolute Gasteiger partial charge is 0.457 e. The lowest BCUT2D eigenvalue weighted by Gasteiger charge is -2.50. The van der Waals surface area contributed by atoms with Gasteiger partial charge in [0.05, 0.1) is 22.5 Å². The van der Waals surface area contributed by atoms with Crippen molar-refractivity contribution in [1.82, 2.24) is 0 Å². The van der Waals surface area contributed by atoms with E-state index in [2.05, 4.69) is 198 Å². The molecule has 11 aromatic rings. The Morgan fingerprint density at radius 2 is 0.857 bits per heavy atom. The Bertz CT molecular complexity index is 3930. The average Bonchev–Trinajstić information content (AvgIpc) is 3.92. The lowest BCUT2D eigenvalue weighted by Crippen LogP contribution is -2.67. The van der Waals surface area contributed by atoms with Gasteiger partial charge in [-0.2, -0.15) is 0 Å². The predicted molar refractivity (Wildman–Crippen MR) is 290 cm³/mol. The quantitative estimate of drug-likeness (QED) is 0.161. The van der Waals surface area contributed by atoms with Gasteiger partial charge < -0.3 is 23.2 Å². The second-order valence-corrected chi connectivity index (χ2v) is 23.0. The molecule has 0 aliphatic carbocycles. The number of para-hydroxylation sites is 2. The van der Waals surface area contributed by atoms with Crippen LogP contribution in [0.25, 0.3) is 66.1 Å². The van der Waals surface area contributed by atoms with Crippen molar-refractivity contribution in [2.45, 2.75) is 62.2 Å². The maximum absolute atomic E-state index is 7.62. The van der Waals surface area contributed by atoms with Gasteiger partial charge in [0.15, 0.2) is 0 Å². The molecule has 5 aliphatic heterocycles. The number of nitrogens with zero attached hydrogens (tertiary/aromatic N) is 1. The molecule has 8 heteroatoms. The minimum atomic E-state index is -0.161. The van der Waals surface area contributed by atoms with E-state index in [0.717, 1.165) is 100 Å². The van der Waals surface area contributed by atoms with Crippen molar-refractivity contribution in [3.8, 4) is 45.3 Å². The Balaban J connectivity index is 1.08. The Hall–Kier alpha value is -7.54. The van der Waals surface area contributed by atoms with E-state index in [4.69, 9.17) is 18.3 Å². The summed E-state index contributed by atoms with van der Waals surface area (Å²) in [7, 11) is 0. The van der Waals surface area contributed by atoms with E-state index in [1.807, 2.05) is 11.8 Å². The van der Waals surface area contributed by atoms with Gasteiger partial charge in [-0.3, -0.25) is 0 Å². The first-order valence-electron chi connectivity index (χ1n) is 24.5. The standard InChI is InChI=1S/C62H43B2NO4S/c1-61(2,3)34-25-40-54-48(27-34)70-49-28-35(62(4,5)6)26-41-55(49)65(54)56-52-46(68-59-42(63(40)52)29-38-36-21-13-15-23-44(36)66-57(38)50(59)32-17-9-7-10-18-32)31-47-53(56)64(41)43-30-39-37-22-14-16-24-45(37)67-58(39)51(60(43)69-47)33-19-11-8-12-20-33/h7-31H,1-6H3. The molecule has 0 amide bonds. The summed E-state index contributed by atoms with van der Waals surface area (Å²) in [6, 6.07) is 55.1. The van der Waals surface area contributed by atoms with Gasteiger partial charge in [0.1, 0.15) is 45.3 Å². The summed E-state index contributed by atoms with van der Waals surface area (Å²) >= 11 is 1.94. The molecule has 0 atom stereocenters. The fraction of sp³-hybridized carbons (Fsp3) is 0.129. The summed E-state index contributed by atoms with van der Waals surface area (Å²) in [5, 5.41) is 4.37. The highest BCUT2D eigenvalue weighted by Crippen LogP contribution is 2.58. The summed E-state index contributed by atoms with van der Waals surface area (Å²) in [5.74, 6) is 3.25. The molecule has 0 spiro atoms. The van der Waals surface area contributed by atoms with Gasteiger partial charge in [0, 0.05) is 43.1 Å². The number of ether oxygens (including phenoxy) is 2. The van der Waals surface area contributed by atoms with Crippen molar-refractivity contribution >= 4 is 119 Å². The van der Waals surface area contributed by atoms with Crippen LogP contribution in [0.2, 0.25) is 0 Å². The van der Waals surface area contributed by atoms with Crippen LogP contribution in [0, 0.1) is 0 Å². The molecule has 0 fully saturated rings. The lowest BCUT2D eigenvalue weighted by atomic mass is 9.29. The maximum atomic E-state index is 7.62. The van der Waals surface area contributed by atoms with Gasteiger partial charge >= 0.3 is 0 Å². The number of hydrogen-bond acceptors (Lipinski definition) is 6. The zero-order valence-corrected chi connectivity index (χ0v) is 40.4. The molecule has 7 heterocycles. The van der Waals surface area contributed by atoms with Gasteiger partial charge in [0.25, 0.3) is 13.4 Å². The van der Waals surface area contributed by atoms with Gasteiger partial charge in [-0.25, -0.2) is 0 Å². The summed E-state index contributed by atoms with van der Waals surface area (Å²) in [5.41, 5.74) is 20.7. The number of furan rings is 2. The Kier molecular flexibility index (Phi) is 7.41. The van der Waals surface area contributed by atoms with Gasteiger partial charge in [-0.1, -0.05) is 175 Å². The molecule has 9 aromatic carbocycles. The van der Waals surface area contributed by atoms with E-state index in [0.29, 0.717) is 0 Å². The summed E-state index contributed by atoms with van der Waals surface area (Å²) in [4.78, 5) is 5.18. The average molecular weight is 920 g/mol. The minimum absolute atomic E-state index is 0.110. The second-order valence-electron chi connectivity index (χ2n) is 21.9. The fourth-order valence-corrected chi connectivity index (χ4v) is 13.8. The molecule has 0 bridgehead atoms. The fourth-order valence-electron chi connectivity index (χ4n) is 12.6. The third-order valence-electron chi connectivity index (χ3n) is 15.8. The number of hydrogen-bond donors (Lipinski definition) is 0. The van der Waals surface area contributed by atoms with E-state index < -0.39 is 0 Å². The highest BCUT2D eigenvalue weighted by Gasteiger charge is 2.54. The third-order valence-corrected chi connectivity index (χ3v) is 16.9. The molecule has 0 saturated heterocycles. The summed E-state index contributed by atoms with van der Waals surface area (Å²) in [6.07, 6.45) is 0. The van der Waals surface area contributed by atoms with Crippen molar-refractivity contribution in [3.05, 3.63) is 163 Å². The van der Waals surface area contributed by atoms with E-state index in [9.17, 15) is 0 Å². The van der Waals surface area contributed by atoms with Gasteiger partial charge in [0.2, 0.25) is 0 Å². The normalized spacial score (nSPS) is 14.5. The third kappa shape index (κ3) is 5.01. The predicted octanol–water partition coefficient (Wildman–Crippen LogP) is 13.2. The molecular weight excluding hydrogens is 876 g/mol. The first kappa shape index (κ1) is 39.3. The molecule has 0 N–H and O–H groups in total. The Morgan fingerprint density at radius 1 is 0.429 bits per heavy atom. The van der Waals surface area contributed by atoms with E-state index in [-0.39, 0.29) is 24.3 Å². The first-order valence-corrected chi connectivity index (χ1v) is 25.3. The zero-order valence-electron chi connectivity index (χ0n) is 39.6. The molecule has 16 rings (SSSR count). The summed E-state index contributed by atoms with van der Waals surface area (Å²) in [6.45, 7) is 13.7. The number of fused-ring (bicyclic) bond motifs is 12. The molecule has 0 saturated carbocycles. The monoisotopic (exact) mass is 919 g/mol. The molecule has 5 nitrogen and oxygen atoms in total. The van der Waals surface area contributed by atoms with Crippen LogP contribution >= 0.6 is 11.8 Å². The molecule has 332 valence electrons. The zero-order chi connectivity index (χ0) is 46.7. The molecular formula is C62H43B2NO4S. The molecule has 0 radical (unpaired) electrons. The number of anilines is 3. The maximum Gasteiger partial charge on any atom is 0.256 e.